The van der Waals surface area contributed by atoms with Crippen molar-refractivity contribution in [3.05, 3.63) is 41.7 Å². The summed E-state index contributed by atoms with van der Waals surface area (Å²) in [7, 11) is 0. The second kappa shape index (κ2) is 4.80. The van der Waals surface area contributed by atoms with Gasteiger partial charge in [0.2, 0.25) is 0 Å². The minimum Gasteiger partial charge on any atom is -0.339 e. The predicted molar refractivity (Wildman–Crippen MR) is 69.0 cm³/mol. The van der Waals surface area contributed by atoms with E-state index in [2.05, 4.69) is 33.7 Å². The third-order valence-corrected chi connectivity index (χ3v) is 2.43. The zero-order valence-corrected chi connectivity index (χ0v) is 9.86. The average molecular weight is 229 g/mol. The zero-order valence-electron chi connectivity index (χ0n) is 9.86. The summed E-state index contributed by atoms with van der Waals surface area (Å²) in [5, 5.41) is 3.20. The number of anilines is 3. The Kier molecular flexibility index (Phi) is 3.20. The Morgan fingerprint density at radius 2 is 1.88 bits per heavy atom. The first-order chi connectivity index (χ1) is 8.19. The van der Waals surface area contributed by atoms with E-state index < -0.39 is 0 Å². The number of aromatic nitrogens is 2. The Morgan fingerprint density at radius 3 is 2.59 bits per heavy atom. The SMILES string of the molecule is Cc1ccc(Nc2cncc(NN)n2)c(C)c1. The van der Waals surface area contributed by atoms with Gasteiger partial charge in [0, 0.05) is 5.69 Å². The summed E-state index contributed by atoms with van der Waals surface area (Å²) in [4.78, 5) is 8.27. The monoisotopic (exact) mass is 229 g/mol. The average Bonchev–Trinajstić information content (AvgIpc) is 2.33. The number of hydrogen-bond donors (Lipinski definition) is 3. The van der Waals surface area contributed by atoms with E-state index in [1.807, 2.05) is 19.1 Å². The van der Waals surface area contributed by atoms with Crippen molar-refractivity contribution in [1.29, 1.82) is 0 Å². The van der Waals surface area contributed by atoms with Crippen molar-refractivity contribution in [2.24, 2.45) is 5.84 Å². The Labute approximate surface area is 100 Å². The molecule has 1 aromatic carbocycles. The van der Waals surface area contributed by atoms with Crippen molar-refractivity contribution in [2.45, 2.75) is 13.8 Å². The maximum Gasteiger partial charge on any atom is 0.160 e. The van der Waals surface area contributed by atoms with Crippen LogP contribution in [0.3, 0.4) is 0 Å². The van der Waals surface area contributed by atoms with E-state index in [1.54, 1.807) is 12.4 Å². The molecular weight excluding hydrogens is 214 g/mol. The van der Waals surface area contributed by atoms with Gasteiger partial charge in [-0.05, 0) is 25.5 Å². The summed E-state index contributed by atoms with van der Waals surface area (Å²) in [6, 6.07) is 6.18. The number of nitrogen functional groups attached to an aromatic ring is 1. The normalized spacial score (nSPS) is 10.1. The number of rotatable bonds is 3. The van der Waals surface area contributed by atoms with Crippen LogP contribution in [0.1, 0.15) is 11.1 Å². The number of aryl methyl sites for hydroxylation is 2. The molecule has 88 valence electrons. The highest BCUT2D eigenvalue weighted by Crippen LogP contribution is 2.20. The largest absolute Gasteiger partial charge is 0.339 e. The highest BCUT2D eigenvalue weighted by atomic mass is 15.3. The molecule has 0 atom stereocenters. The fourth-order valence-corrected chi connectivity index (χ4v) is 1.59. The van der Waals surface area contributed by atoms with Crippen LogP contribution < -0.4 is 16.6 Å². The Bertz CT molecular complexity index is 524. The predicted octanol–water partition coefficient (Wildman–Crippen LogP) is 2.12. The minimum atomic E-state index is 0.528. The van der Waals surface area contributed by atoms with Crippen molar-refractivity contribution in [3.63, 3.8) is 0 Å². The van der Waals surface area contributed by atoms with Crippen LogP contribution in [0.5, 0.6) is 0 Å². The first-order valence-electron chi connectivity index (χ1n) is 5.32. The molecule has 0 aliphatic heterocycles. The highest BCUT2D eigenvalue weighted by molar-refractivity contribution is 5.61. The summed E-state index contributed by atoms with van der Waals surface area (Å²) in [5.74, 6) is 6.47. The molecule has 5 nitrogen and oxygen atoms in total. The summed E-state index contributed by atoms with van der Waals surface area (Å²) in [6.45, 7) is 4.11. The van der Waals surface area contributed by atoms with E-state index in [0.717, 1.165) is 11.3 Å². The van der Waals surface area contributed by atoms with Gasteiger partial charge >= 0.3 is 0 Å². The van der Waals surface area contributed by atoms with Crippen LogP contribution in [0.2, 0.25) is 0 Å². The number of nitrogens with one attached hydrogen (secondary N) is 2. The van der Waals surface area contributed by atoms with Gasteiger partial charge < -0.3 is 10.7 Å². The van der Waals surface area contributed by atoms with Crippen LogP contribution in [0.4, 0.5) is 17.3 Å². The first-order valence-corrected chi connectivity index (χ1v) is 5.32. The second-order valence-electron chi connectivity index (χ2n) is 3.88. The molecule has 0 radical (unpaired) electrons. The molecule has 5 heteroatoms. The van der Waals surface area contributed by atoms with Crippen LogP contribution in [0.15, 0.2) is 30.6 Å². The molecule has 0 aliphatic carbocycles. The van der Waals surface area contributed by atoms with Crippen molar-refractivity contribution in [1.82, 2.24) is 9.97 Å². The number of nitrogens with zero attached hydrogens (tertiary/aromatic N) is 2. The summed E-state index contributed by atoms with van der Waals surface area (Å²) in [6.07, 6.45) is 3.22. The molecule has 0 amide bonds. The van der Waals surface area contributed by atoms with Gasteiger partial charge in [0.05, 0.1) is 12.4 Å². The Hall–Kier alpha value is -2.14. The highest BCUT2D eigenvalue weighted by Gasteiger charge is 2.01. The second-order valence-corrected chi connectivity index (χ2v) is 3.88. The first kappa shape index (κ1) is 11.3. The molecule has 2 aromatic rings. The quantitative estimate of drug-likeness (QED) is 0.555. The van der Waals surface area contributed by atoms with Crippen LogP contribution in [0.25, 0.3) is 0 Å². The van der Waals surface area contributed by atoms with Crippen LogP contribution in [0, 0.1) is 13.8 Å². The van der Waals surface area contributed by atoms with E-state index in [-0.39, 0.29) is 0 Å². The van der Waals surface area contributed by atoms with Crippen molar-refractivity contribution >= 4 is 17.3 Å². The standard InChI is InChI=1S/C12H15N5/c1-8-3-4-10(9(2)5-8)15-11-6-14-7-12(16-11)17-13/h3-7H,13H2,1-2H3,(H2,15,16,17). The van der Waals surface area contributed by atoms with E-state index >= 15 is 0 Å². The number of benzene rings is 1. The van der Waals surface area contributed by atoms with Crippen LogP contribution >= 0.6 is 0 Å². The zero-order chi connectivity index (χ0) is 12.3. The van der Waals surface area contributed by atoms with E-state index in [4.69, 9.17) is 5.84 Å². The summed E-state index contributed by atoms with van der Waals surface area (Å²) >= 11 is 0. The van der Waals surface area contributed by atoms with Crippen molar-refractivity contribution in [3.8, 4) is 0 Å². The van der Waals surface area contributed by atoms with Gasteiger partial charge in [-0.15, -0.1) is 0 Å². The van der Waals surface area contributed by atoms with Gasteiger partial charge in [0.1, 0.15) is 0 Å². The molecule has 17 heavy (non-hydrogen) atoms. The van der Waals surface area contributed by atoms with Gasteiger partial charge in [-0.2, -0.15) is 0 Å². The molecular formula is C12H15N5. The lowest BCUT2D eigenvalue weighted by atomic mass is 10.1. The number of nitrogens with two attached hydrogens (primary N) is 1. The third-order valence-electron chi connectivity index (χ3n) is 2.43. The topological polar surface area (TPSA) is 75.9 Å². The smallest absolute Gasteiger partial charge is 0.160 e. The summed E-state index contributed by atoms with van der Waals surface area (Å²) < 4.78 is 0. The van der Waals surface area contributed by atoms with Gasteiger partial charge in [0.15, 0.2) is 11.6 Å². The van der Waals surface area contributed by atoms with Crippen LogP contribution in [-0.2, 0) is 0 Å². The molecule has 1 aromatic heterocycles. The molecule has 0 aliphatic rings. The Balaban J connectivity index is 2.25. The van der Waals surface area contributed by atoms with E-state index in [0.29, 0.717) is 11.6 Å². The molecule has 1 heterocycles. The molecule has 0 fully saturated rings. The van der Waals surface area contributed by atoms with Gasteiger partial charge in [-0.3, -0.25) is 4.98 Å². The van der Waals surface area contributed by atoms with Crippen molar-refractivity contribution < 1.29 is 0 Å². The maximum absolute atomic E-state index is 5.28. The van der Waals surface area contributed by atoms with Crippen LogP contribution in [-0.4, -0.2) is 9.97 Å². The molecule has 0 spiro atoms. The van der Waals surface area contributed by atoms with E-state index in [1.165, 1.54) is 5.56 Å². The number of hydrogen-bond acceptors (Lipinski definition) is 5. The molecule has 0 unspecified atom stereocenters. The van der Waals surface area contributed by atoms with Crippen molar-refractivity contribution in [2.75, 3.05) is 10.7 Å². The van der Waals surface area contributed by atoms with E-state index in [9.17, 15) is 0 Å². The molecule has 0 saturated heterocycles. The van der Waals surface area contributed by atoms with Gasteiger partial charge in [-0.25, -0.2) is 10.8 Å². The molecule has 2 rings (SSSR count). The maximum atomic E-state index is 5.28. The lowest BCUT2D eigenvalue weighted by molar-refractivity contribution is 1.15. The fraction of sp³-hybridized carbons (Fsp3) is 0.167. The third kappa shape index (κ3) is 2.70. The lowest BCUT2D eigenvalue weighted by Gasteiger charge is -2.09. The molecule has 0 bridgehead atoms. The fourth-order valence-electron chi connectivity index (χ4n) is 1.59. The minimum absolute atomic E-state index is 0.528. The Morgan fingerprint density at radius 1 is 1.12 bits per heavy atom. The number of hydrazine groups is 1. The lowest BCUT2D eigenvalue weighted by Crippen LogP contribution is -2.09. The molecule has 0 saturated carbocycles. The summed E-state index contributed by atoms with van der Waals surface area (Å²) in [5.41, 5.74) is 5.87. The molecule has 4 N–H and O–H groups in total. The van der Waals surface area contributed by atoms with Gasteiger partial charge in [-0.1, -0.05) is 17.7 Å². The van der Waals surface area contributed by atoms with Gasteiger partial charge in [0.25, 0.3) is 0 Å².